The second-order valence-corrected chi connectivity index (χ2v) is 5.42. The first-order valence-electron chi connectivity index (χ1n) is 7.66. The highest BCUT2D eigenvalue weighted by molar-refractivity contribution is 5.87. The van der Waals surface area contributed by atoms with E-state index in [0.29, 0.717) is 11.5 Å². The first-order chi connectivity index (χ1) is 12.1. The lowest BCUT2D eigenvalue weighted by atomic mass is 10.1. The highest BCUT2D eigenvalue weighted by Gasteiger charge is 2.10. The number of benzene rings is 2. The standard InChI is InChI=1S/C19H16N6/c1-13-6-5-7-14(10-13)11-15(12-20)17-23-18(21)25-19(24-17)22-16-8-3-2-4-9-16/h2-11H,1H3,(H3,21,22,23,24,25). The fourth-order valence-electron chi connectivity index (χ4n) is 2.29. The third-order valence-corrected chi connectivity index (χ3v) is 3.40. The second-order valence-electron chi connectivity index (χ2n) is 5.42. The molecule has 0 radical (unpaired) electrons. The van der Waals surface area contributed by atoms with Gasteiger partial charge in [0.1, 0.15) is 6.07 Å². The first kappa shape index (κ1) is 16.1. The number of nitrogens with two attached hydrogens (primary N) is 1. The Balaban J connectivity index is 1.96. The van der Waals surface area contributed by atoms with Crippen molar-refractivity contribution in [1.82, 2.24) is 15.0 Å². The van der Waals surface area contributed by atoms with Gasteiger partial charge in [-0.3, -0.25) is 0 Å². The van der Waals surface area contributed by atoms with Crippen LogP contribution in [-0.2, 0) is 0 Å². The lowest BCUT2D eigenvalue weighted by Gasteiger charge is -2.07. The van der Waals surface area contributed by atoms with Crippen molar-refractivity contribution < 1.29 is 0 Å². The fourth-order valence-corrected chi connectivity index (χ4v) is 2.29. The maximum absolute atomic E-state index is 9.50. The van der Waals surface area contributed by atoms with Crippen molar-refractivity contribution >= 4 is 29.2 Å². The fraction of sp³-hybridized carbons (Fsp3) is 0.0526. The molecule has 0 bridgehead atoms. The van der Waals surface area contributed by atoms with Crippen molar-refractivity contribution in [1.29, 1.82) is 5.26 Å². The number of allylic oxidation sites excluding steroid dienone is 1. The van der Waals surface area contributed by atoms with Crippen LogP contribution in [0.5, 0.6) is 0 Å². The van der Waals surface area contributed by atoms with Gasteiger partial charge in [0.25, 0.3) is 0 Å². The van der Waals surface area contributed by atoms with Gasteiger partial charge < -0.3 is 11.1 Å². The van der Waals surface area contributed by atoms with Gasteiger partial charge in [0.2, 0.25) is 11.9 Å². The summed E-state index contributed by atoms with van der Waals surface area (Å²) in [6, 6.07) is 19.4. The molecule has 0 saturated heterocycles. The molecule has 0 aliphatic heterocycles. The van der Waals surface area contributed by atoms with E-state index in [0.717, 1.165) is 16.8 Å². The quantitative estimate of drug-likeness (QED) is 0.710. The molecule has 0 spiro atoms. The summed E-state index contributed by atoms with van der Waals surface area (Å²) in [4.78, 5) is 12.5. The van der Waals surface area contributed by atoms with Crippen molar-refractivity contribution in [2.45, 2.75) is 6.92 Å². The van der Waals surface area contributed by atoms with Gasteiger partial charge >= 0.3 is 0 Å². The minimum atomic E-state index is 0.0498. The van der Waals surface area contributed by atoms with Crippen LogP contribution >= 0.6 is 0 Å². The van der Waals surface area contributed by atoms with Gasteiger partial charge in [0.15, 0.2) is 5.82 Å². The molecule has 0 unspecified atom stereocenters. The number of nitrogen functional groups attached to an aromatic ring is 1. The average Bonchev–Trinajstić information content (AvgIpc) is 2.60. The normalized spacial score (nSPS) is 11.0. The summed E-state index contributed by atoms with van der Waals surface area (Å²) in [6.07, 6.45) is 1.73. The monoisotopic (exact) mass is 328 g/mol. The maximum atomic E-state index is 9.50. The molecule has 0 saturated carbocycles. The number of rotatable bonds is 4. The van der Waals surface area contributed by atoms with E-state index in [9.17, 15) is 5.26 Å². The third kappa shape index (κ3) is 4.18. The van der Waals surface area contributed by atoms with Crippen LogP contribution in [0.4, 0.5) is 17.6 Å². The molecular weight excluding hydrogens is 312 g/mol. The average molecular weight is 328 g/mol. The molecule has 25 heavy (non-hydrogen) atoms. The maximum Gasteiger partial charge on any atom is 0.232 e. The summed E-state index contributed by atoms with van der Waals surface area (Å²) in [6.45, 7) is 1.99. The summed E-state index contributed by atoms with van der Waals surface area (Å²) < 4.78 is 0. The molecule has 0 aliphatic rings. The number of hydrogen-bond donors (Lipinski definition) is 2. The van der Waals surface area contributed by atoms with E-state index in [1.165, 1.54) is 0 Å². The Morgan fingerprint density at radius 1 is 1.08 bits per heavy atom. The zero-order valence-corrected chi connectivity index (χ0v) is 13.6. The highest BCUT2D eigenvalue weighted by Crippen LogP contribution is 2.19. The summed E-state index contributed by atoms with van der Waals surface area (Å²) in [5.41, 5.74) is 8.92. The van der Waals surface area contributed by atoms with E-state index in [-0.39, 0.29) is 11.8 Å². The largest absolute Gasteiger partial charge is 0.368 e. The van der Waals surface area contributed by atoms with Gasteiger partial charge in [-0.05, 0) is 30.7 Å². The number of hydrogen-bond acceptors (Lipinski definition) is 6. The lowest BCUT2D eigenvalue weighted by Crippen LogP contribution is -2.06. The molecule has 0 aliphatic carbocycles. The topological polar surface area (TPSA) is 101 Å². The molecule has 0 atom stereocenters. The van der Waals surface area contributed by atoms with Crippen molar-refractivity contribution in [2.24, 2.45) is 0 Å². The van der Waals surface area contributed by atoms with Crippen molar-refractivity contribution in [3.8, 4) is 6.07 Å². The summed E-state index contributed by atoms with van der Waals surface area (Å²) in [5.74, 6) is 0.572. The number of nitrogens with zero attached hydrogens (tertiary/aromatic N) is 4. The van der Waals surface area contributed by atoms with E-state index in [1.54, 1.807) is 6.08 Å². The predicted molar refractivity (Wildman–Crippen MR) is 98.6 cm³/mol. The molecule has 1 aromatic heterocycles. The molecule has 122 valence electrons. The molecule has 3 rings (SSSR count). The van der Waals surface area contributed by atoms with Gasteiger partial charge in [-0.1, -0.05) is 48.0 Å². The predicted octanol–water partition coefficient (Wildman–Crippen LogP) is 3.57. The Hall–Kier alpha value is -3.72. The van der Waals surface area contributed by atoms with Crippen LogP contribution in [0.2, 0.25) is 0 Å². The minimum Gasteiger partial charge on any atom is -0.368 e. The van der Waals surface area contributed by atoms with Gasteiger partial charge in [-0.15, -0.1) is 0 Å². The number of nitriles is 1. The summed E-state index contributed by atoms with van der Waals surface area (Å²) in [7, 11) is 0. The number of nitrogens with one attached hydrogen (secondary N) is 1. The van der Waals surface area contributed by atoms with E-state index in [4.69, 9.17) is 5.73 Å². The van der Waals surface area contributed by atoms with Crippen LogP contribution in [0.15, 0.2) is 54.6 Å². The zero-order valence-electron chi connectivity index (χ0n) is 13.6. The summed E-state index contributed by atoms with van der Waals surface area (Å²) >= 11 is 0. The lowest BCUT2D eigenvalue weighted by molar-refractivity contribution is 1.04. The van der Waals surface area contributed by atoms with E-state index in [1.807, 2.05) is 61.5 Å². The second kappa shape index (κ2) is 7.23. The Bertz CT molecular complexity index is 957. The van der Waals surface area contributed by atoms with E-state index >= 15 is 0 Å². The molecular formula is C19H16N6. The molecule has 0 fully saturated rings. The number of anilines is 3. The van der Waals surface area contributed by atoms with Crippen LogP contribution in [-0.4, -0.2) is 15.0 Å². The van der Waals surface area contributed by atoms with Gasteiger partial charge in [0, 0.05) is 5.69 Å². The van der Waals surface area contributed by atoms with Gasteiger partial charge in [-0.2, -0.15) is 20.2 Å². The Labute approximate surface area is 145 Å². The van der Waals surface area contributed by atoms with Gasteiger partial charge in [-0.25, -0.2) is 0 Å². The highest BCUT2D eigenvalue weighted by atomic mass is 15.2. The van der Waals surface area contributed by atoms with Crippen LogP contribution < -0.4 is 11.1 Å². The molecule has 0 amide bonds. The Morgan fingerprint density at radius 2 is 1.88 bits per heavy atom. The molecule has 6 heteroatoms. The minimum absolute atomic E-state index is 0.0498. The molecule has 3 aromatic rings. The smallest absolute Gasteiger partial charge is 0.232 e. The van der Waals surface area contributed by atoms with Crippen LogP contribution in [0.1, 0.15) is 17.0 Å². The van der Waals surface area contributed by atoms with E-state index < -0.39 is 0 Å². The summed E-state index contributed by atoms with van der Waals surface area (Å²) in [5, 5.41) is 12.6. The van der Waals surface area contributed by atoms with Gasteiger partial charge in [0.05, 0.1) is 5.57 Å². The zero-order chi connectivity index (χ0) is 17.6. The van der Waals surface area contributed by atoms with Crippen molar-refractivity contribution in [3.05, 3.63) is 71.5 Å². The van der Waals surface area contributed by atoms with Crippen molar-refractivity contribution in [3.63, 3.8) is 0 Å². The number of para-hydroxylation sites is 1. The van der Waals surface area contributed by atoms with E-state index in [2.05, 4.69) is 26.3 Å². The molecule has 1 heterocycles. The Morgan fingerprint density at radius 3 is 2.60 bits per heavy atom. The SMILES string of the molecule is Cc1cccc(C=C(C#N)c2nc(N)nc(Nc3ccccc3)n2)c1. The number of aryl methyl sites for hydroxylation is 1. The van der Waals surface area contributed by atoms with Crippen LogP contribution in [0, 0.1) is 18.3 Å². The van der Waals surface area contributed by atoms with Crippen LogP contribution in [0.3, 0.4) is 0 Å². The van der Waals surface area contributed by atoms with Crippen molar-refractivity contribution in [2.75, 3.05) is 11.1 Å². The molecule has 3 N–H and O–H groups in total. The third-order valence-electron chi connectivity index (χ3n) is 3.40. The Kier molecular flexibility index (Phi) is 4.67. The van der Waals surface area contributed by atoms with Crippen LogP contribution in [0.25, 0.3) is 11.6 Å². The molecule has 2 aromatic carbocycles. The number of aromatic nitrogens is 3. The first-order valence-corrected chi connectivity index (χ1v) is 7.66. The molecule has 6 nitrogen and oxygen atoms in total.